The quantitative estimate of drug-likeness (QED) is 0.918. The first-order valence-corrected chi connectivity index (χ1v) is 8.78. The highest BCUT2D eigenvalue weighted by Crippen LogP contribution is 2.22. The molecule has 1 N–H and O–H groups in total. The molecule has 0 saturated carbocycles. The lowest BCUT2D eigenvalue weighted by Crippen LogP contribution is -2.20. The third-order valence-corrected chi connectivity index (χ3v) is 4.71. The summed E-state index contributed by atoms with van der Waals surface area (Å²) in [6.45, 7) is 2.33. The van der Waals surface area contributed by atoms with Crippen LogP contribution in [0, 0.1) is 0 Å². The number of benzene rings is 1. The number of aromatic nitrogens is 1. The first kappa shape index (κ1) is 15.9. The summed E-state index contributed by atoms with van der Waals surface area (Å²) >= 11 is 6.15. The zero-order chi connectivity index (χ0) is 15.5. The summed E-state index contributed by atoms with van der Waals surface area (Å²) in [6, 6.07) is 10.7. The van der Waals surface area contributed by atoms with Crippen molar-refractivity contribution in [3.05, 3.63) is 58.9 Å². The van der Waals surface area contributed by atoms with Gasteiger partial charge in [0.1, 0.15) is 0 Å². The van der Waals surface area contributed by atoms with Crippen LogP contribution >= 0.6 is 11.6 Å². The lowest BCUT2D eigenvalue weighted by Gasteiger charge is -2.16. The van der Waals surface area contributed by atoms with Crippen molar-refractivity contribution >= 4 is 21.4 Å². The number of hydrogen-bond donors (Lipinski definition) is 1. The topological polar surface area (TPSA) is 59.1 Å². The summed E-state index contributed by atoms with van der Waals surface area (Å²) in [5, 5.41) is 3.94. The molecule has 1 heterocycles. The molecule has 1 atom stereocenters. The molecule has 6 heteroatoms. The van der Waals surface area contributed by atoms with Crippen LogP contribution in [0.5, 0.6) is 0 Å². The van der Waals surface area contributed by atoms with Gasteiger partial charge in [-0.15, -0.1) is 0 Å². The molecule has 0 aliphatic heterocycles. The largest absolute Gasteiger partial charge is 0.304 e. The number of pyridine rings is 1. The average molecular weight is 325 g/mol. The lowest BCUT2D eigenvalue weighted by molar-refractivity contribution is 0.558. The number of hydrogen-bond acceptors (Lipinski definition) is 4. The summed E-state index contributed by atoms with van der Waals surface area (Å²) < 4.78 is 23.5. The molecule has 4 nitrogen and oxygen atoms in total. The minimum Gasteiger partial charge on any atom is -0.304 e. The van der Waals surface area contributed by atoms with Crippen molar-refractivity contribution in [1.29, 1.82) is 0 Å². The summed E-state index contributed by atoms with van der Waals surface area (Å²) in [5.41, 5.74) is 1.48. The van der Waals surface area contributed by atoms with Gasteiger partial charge in [0.2, 0.25) is 0 Å². The van der Waals surface area contributed by atoms with E-state index in [0.717, 1.165) is 5.56 Å². The average Bonchev–Trinajstić information content (AvgIpc) is 2.44. The Labute approximate surface area is 130 Å². The van der Waals surface area contributed by atoms with Crippen molar-refractivity contribution in [2.45, 2.75) is 24.4 Å². The molecule has 0 amide bonds. The van der Waals surface area contributed by atoms with Gasteiger partial charge in [0.15, 0.2) is 9.84 Å². The minimum atomic E-state index is -3.28. The molecular formula is C15H17ClN2O2S. The van der Waals surface area contributed by atoms with Gasteiger partial charge in [-0.25, -0.2) is 8.42 Å². The van der Waals surface area contributed by atoms with Gasteiger partial charge in [-0.3, -0.25) is 4.98 Å². The van der Waals surface area contributed by atoms with Crippen molar-refractivity contribution in [3.63, 3.8) is 0 Å². The van der Waals surface area contributed by atoms with Crippen molar-refractivity contribution in [3.8, 4) is 0 Å². The Morgan fingerprint density at radius 1 is 1.24 bits per heavy atom. The predicted octanol–water partition coefficient (Wildman–Crippen LogP) is 2.99. The van der Waals surface area contributed by atoms with Gasteiger partial charge in [0, 0.05) is 30.1 Å². The Hall–Kier alpha value is -1.43. The molecule has 0 saturated heterocycles. The second-order valence-electron chi connectivity index (χ2n) is 4.84. The first-order valence-electron chi connectivity index (χ1n) is 6.51. The molecule has 1 aromatic heterocycles. The van der Waals surface area contributed by atoms with E-state index in [1.54, 1.807) is 18.3 Å². The second kappa shape index (κ2) is 6.56. The number of rotatable bonds is 5. The Kier molecular flexibility index (Phi) is 4.98. The van der Waals surface area contributed by atoms with Crippen molar-refractivity contribution in [2.75, 3.05) is 6.26 Å². The van der Waals surface area contributed by atoms with E-state index in [0.29, 0.717) is 17.3 Å². The highest BCUT2D eigenvalue weighted by molar-refractivity contribution is 7.90. The fourth-order valence-corrected chi connectivity index (χ4v) is 3.26. The van der Waals surface area contributed by atoms with E-state index in [1.165, 1.54) is 6.26 Å². The summed E-state index contributed by atoms with van der Waals surface area (Å²) in [4.78, 5) is 4.41. The Balaban J connectivity index is 2.16. The van der Waals surface area contributed by atoms with Gasteiger partial charge in [-0.1, -0.05) is 29.8 Å². The van der Waals surface area contributed by atoms with E-state index in [1.807, 2.05) is 31.2 Å². The monoisotopic (exact) mass is 324 g/mol. The van der Waals surface area contributed by atoms with E-state index < -0.39 is 9.84 Å². The van der Waals surface area contributed by atoms with Gasteiger partial charge in [0.25, 0.3) is 0 Å². The molecule has 0 fully saturated rings. The summed E-state index contributed by atoms with van der Waals surface area (Å²) in [7, 11) is -3.28. The lowest BCUT2D eigenvalue weighted by atomic mass is 10.1. The van der Waals surface area contributed by atoms with E-state index in [2.05, 4.69) is 10.3 Å². The molecule has 21 heavy (non-hydrogen) atoms. The van der Waals surface area contributed by atoms with Crippen LogP contribution in [0.3, 0.4) is 0 Å². The van der Waals surface area contributed by atoms with Gasteiger partial charge >= 0.3 is 0 Å². The third kappa shape index (κ3) is 4.03. The van der Waals surface area contributed by atoms with Gasteiger partial charge < -0.3 is 5.32 Å². The highest BCUT2D eigenvalue weighted by Gasteiger charge is 2.15. The molecule has 2 rings (SSSR count). The number of nitrogens with one attached hydrogen (secondary N) is 1. The van der Waals surface area contributed by atoms with Crippen LogP contribution < -0.4 is 5.32 Å². The van der Waals surface area contributed by atoms with Crippen LogP contribution in [0.15, 0.2) is 47.5 Å². The summed E-state index contributed by atoms with van der Waals surface area (Å²) in [5.74, 6) is 0. The molecule has 1 unspecified atom stereocenters. The molecule has 0 bridgehead atoms. The smallest absolute Gasteiger partial charge is 0.177 e. The SMILES string of the molecule is CC(NCc1ncccc1S(C)(=O)=O)c1ccccc1Cl. The molecule has 112 valence electrons. The maximum atomic E-state index is 11.7. The number of halogens is 1. The van der Waals surface area contributed by atoms with E-state index >= 15 is 0 Å². The third-order valence-electron chi connectivity index (χ3n) is 3.20. The molecule has 0 aliphatic rings. The first-order chi connectivity index (χ1) is 9.89. The molecule has 2 aromatic rings. The Morgan fingerprint density at radius 3 is 2.62 bits per heavy atom. The highest BCUT2D eigenvalue weighted by atomic mass is 35.5. The molecular weight excluding hydrogens is 308 g/mol. The Morgan fingerprint density at radius 2 is 1.95 bits per heavy atom. The Bertz CT molecular complexity index is 732. The van der Waals surface area contributed by atoms with E-state index in [4.69, 9.17) is 11.6 Å². The fourth-order valence-electron chi connectivity index (χ4n) is 2.08. The second-order valence-corrected chi connectivity index (χ2v) is 7.24. The van der Waals surface area contributed by atoms with Crippen LogP contribution in [0.25, 0.3) is 0 Å². The molecule has 1 aromatic carbocycles. The molecule has 0 aliphatic carbocycles. The van der Waals surface area contributed by atoms with Crippen LogP contribution in [0.4, 0.5) is 0 Å². The predicted molar refractivity (Wildman–Crippen MR) is 84.1 cm³/mol. The zero-order valence-electron chi connectivity index (χ0n) is 11.9. The number of nitrogens with zero attached hydrogens (tertiary/aromatic N) is 1. The van der Waals surface area contributed by atoms with Gasteiger partial charge in [0.05, 0.1) is 10.6 Å². The standard InChI is InChI=1S/C15H17ClN2O2S/c1-11(12-6-3-4-7-13(12)16)18-10-14-15(21(2,19)20)8-5-9-17-14/h3-9,11,18H,10H2,1-2H3. The molecule has 0 radical (unpaired) electrons. The van der Waals surface area contributed by atoms with Gasteiger partial charge in [-0.05, 0) is 30.7 Å². The van der Waals surface area contributed by atoms with Crippen molar-refractivity contribution in [2.24, 2.45) is 0 Å². The maximum Gasteiger partial charge on any atom is 0.177 e. The zero-order valence-corrected chi connectivity index (χ0v) is 13.4. The molecule has 0 spiro atoms. The fraction of sp³-hybridized carbons (Fsp3) is 0.267. The van der Waals surface area contributed by atoms with E-state index in [9.17, 15) is 8.42 Å². The maximum absolute atomic E-state index is 11.7. The normalized spacial score (nSPS) is 13.1. The van der Waals surface area contributed by atoms with Crippen LogP contribution in [-0.2, 0) is 16.4 Å². The van der Waals surface area contributed by atoms with Crippen LogP contribution in [0.1, 0.15) is 24.2 Å². The minimum absolute atomic E-state index is 0.00637. The number of sulfone groups is 1. The van der Waals surface area contributed by atoms with Crippen LogP contribution in [-0.4, -0.2) is 19.7 Å². The van der Waals surface area contributed by atoms with Crippen molar-refractivity contribution in [1.82, 2.24) is 10.3 Å². The van der Waals surface area contributed by atoms with Crippen LogP contribution in [0.2, 0.25) is 5.02 Å². The summed E-state index contributed by atoms with van der Waals surface area (Å²) in [6.07, 6.45) is 2.77. The van der Waals surface area contributed by atoms with E-state index in [-0.39, 0.29) is 10.9 Å². The van der Waals surface area contributed by atoms with Gasteiger partial charge in [-0.2, -0.15) is 0 Å². The van der Waals surface area contributed by atoms with Crippen molar-refractivity contribution < 1.29 is 8.42 Å².